The van der Waals surface area contributed by atoms with Crippen LogP contribution in [0.1, 0.15) is 101 Å². The largest absolute Gasteiger partial charge is 0.330 e. The maximum Gasteiger partial charge on any atom is 0.330 e. The van der Waals surface area contributed by atoms with Crippen molar-refractivity contribution in [3.63, 3.8) is 0 Å². The topological polar surface area (TPSA) is 131 Å². The van der Waals surface area contributed by atoms with Crippen LogP contribution < -0.4 is 21.9 Å². The lowest BCUT2D eigenvalue weighted by molar-refractivity contribution is -0.117. The molecular formula is C43H50N6O4. The van der Waals surface area contributed by atoms with Gasteiger partial charge in [-0.05, 0) is 159 Å². The van der Waals surface area contributed by atoms with E-state index in [4.69, 9.17) is 0 Å². The van der Waals surface area contributed by atoms with Crippen LogP contribution in [-0.4, -0.2) is 30.9 Å². The highest BCUT2D eigenvalue weighted by Crippen LogP contribution is 2.62. The molecule has 10 heteroatoms. The number of aromatic amines is 1. The number of nitrogens with one attached hydrogen (secondary N) is 3. The fraction of sp³-hybridized carbons (Fsp3) is 0.558. The van der Waals surface area contributed by atoms with Gasteiger partial charge < -0.3 is 15.2 Å². The molecule has 276 valence electrons. The van der Waals surface area contributed by atoms with E-state index in [1.165, 1.54) is 94.5 Å². The fourth-order valence-electron chi connectivity index (χ4n) is 13.1. The second-order valence-electron chi connectivity index (χ2n) is 18.2. The first-order valence-corrected chi connectivity index (χ1v) is 20.2. The third kappa shape index (κ3) is 5.96. The first-order chi connectivity index (χ1) is 25.7. The molecule has 0 aliphatic heterocycles. The molecule has 0 atom stereocenters. The number of fused-ring (bicyclic) bond motifs is 1. The average molecular weight is 715 g/mol. The van der Waals surface area contributed by atoms with E-state index in [-0.39, 0.29) is 48.9 Å². The van der Waals surface area contributed by atoms with E-state index in [0.717, 1.165) is 51.4 Å². The predicted octanol–water partition coefficient (Wildman–Crippen LogP) is 6.88. The quantitative estimate of drug-likeness (QED) is 0.165. The van der Waals surface area contributed by atoms with Crippen LogP contribution in [0, 0.1) is 35.5 Å². The number of aryl methyl sites for hydroxylation is 1. The number of anilines is 2. The molecule has 0 spiro atoms. The second kappa shape index (κ2) is 12.6. The van der Waals surface area contributed by atoms with Crippen molar-refractivity contribution in [2.75, 3.05) is 10.6 Å². The maximum absolute atomic E-state index is 13.3. The molecule has 3 N–H and O–H groups in total. The molecule has 53 heavy (non-hydrogen) atoms. The molecule has 2 heterocycles. The van der Waals surface area contributed by atoms with Crippen LogP contribution in [0.25, 0.3) is 11.2 Å². The van der Waals surface area contributed by atoms with Gasteiger partial charge in [0.15, 0.2) is 5.52 Å². The van der Waals surface area contributed by atoms with Gasteiger partial charge >= 0.3 is 5.69 Å². The van der Waals surface area contributed by atoms with Crippen molar-refractivity contribution in [3.8, 4) is 0 Å². The Kier molecular flexibility index (Phi) is 7.85. The number of benzene rings is 2. The van der Waals surface area contributed by atoms with Gasteiger partial charge in [-0.1, -0.05) is 24.3 Å². The number of amides is 2. The first kappa shape index (κ1) is 33.1. The zero-order valence-corrected chi connectivity index (χ0v) is 30.4. The van der Waals surface area contributed by atoms with Gasteiger partial charge in [0, 0.05) is 37.3 Å². The van der Waals surface area contributed by atoms with Crippen molar-refractivity contribution in [2.45, 2.75) is 114 Å². The van der Waals surface area contributed by atoms with E-state index in [2.05, 4.69) is 44.9 Å². The predicted molar refractivity (Wildman–Crippen MR) is 204 cm³/mol. The summed E-state index contributed by atoms with van der Waals surface area (Å²) in [7, 11) is 0. The fourth-order valence-corrected chi connectivity index (χ4v) is 13.1. The number of hydrogen-bond acceptors (Lipinski definition) is 5. The molecule has 8 aliphatic rings. The number of carbonyl (C=O) groups is 2. The number of H-pyrrole nitrogens is 1. The van der Waals surface area contributed by atoms with E-state index in [9.17, 15) is 19.2 Å². The number of hydrogen-bond donors (Lipinski definition) is 3. The Morgan fingerprint density at radius 2 is 1.06 bits per heavy atom. The summed E-state index contributed by atoms with van der Waals surface area (Å²) >= 11 is 0. The zero-order chi connectivity index (χ0) is 35.9. The van der Waals surface area contributed by atoms with Gasteiger partial charge in [-0.2, -0.15) is 0 Å². The Labute approximate surface area is 309 Å². The SMILES string of the molecule is O=C(CCn1c(=O)[nH]c2c(ncn2CCC(=O)Nc2ccc(C34CC5CC(CC(C5)C3)C4)cc2)c1=O)Nc1ccc(C23CC4CC(CC(C4)C2)C3)cc1. The summed E-state index contributed by atoms with van der Waals surface area (Å²) < 4.78 is 2.65. The number of nitrogens with zero attached hydrogens (tertiary/aromatic N) is 3. The summed E-state index contributed by atoms with van der Waals surface area (Å²) in [6.45, 7) is 0.176. The maximum atomic E-state index is 13.3. The molecule has 4 aromatic rings. The lowest BCUT2D eigenvalue weighted by Crippen LogP contribution is -2.48. The van der Waals surface area contributed by atoms with Crippen LogP contribution in [0.3, 0.4) is 0 Å². The van der Waals surface area contributed by atoms with E-state index in [1.54, 1.807) is 4.57 Å². The van der Waals surface area contributed by atoms with Crippen molar-refractivity contribution in [2.24, 2.45) is 35.5 Å². The van der Waals surface area contributed by atoms with E-state index in [0.29, 0.717) is 10.8 Å². The summed E-state index contributed by atoms with van der Waals surface area (Å²) in [5, 5.41) is 5.95. The second-order valence-corrected chi connectivity index (χ2v) is 18.2. The van der Waals surface area contributed by atoms with Gasteiger partial charge in [0.2, 0.25) is 11.8 Å². The monoisotopic (exact) mass is 714 g/mol. The smallest absolute Gasteiger partial charge is 0.326 e. The van der Waals surface area contributed by atoms with Crippen molar-refractivity contribution in [1.29, 1.82) is 0 Å². The third-order valence-corrected chi connectivity index (χ3v) is 14.5. The molecule has 2 amide bonds. The molecule has 10 nitrogen and oxygen atoms in total. The van der Waals surface area contributed by atoms with Gasteiger partial charge in [-0.25, -0.2) is 9.78 Å². The van der Waals surface area contributed by atoms with Gasteiger partial charge in [0.25, 0.3) is 5.56 Å². The van der Waals surface area contributed by atoms with Crippen molar-refractivity contribution >= 4 is 34.4 Å². The number of aromatic nitrogens is 4. The summed E-state index contributed by atoms with van der Waals surface area (Å²) in [6, 6.07) is 16.8. The minimum Gasteiger partial charge on any atom is -0.326 e. The summed E-state index contributed by atoms with van der Waals surface area (Å²) in [5.41, 5.74) is 4.15. The Bertz CT molecular complexity index is 2120. The highest BCUT2D eigenvalue weighted by Gasteiger charge is 2.52. The third-order valence-electron chi connectivity index (χ3n) is 14.5. The van der Waals surface area contributed by atoms with Crippen LogP contribution in [0.2, 0.25) is 0 Å². The normalized spacial score (nSPS) is 32.0. The molecule has 0 saturated heterocycles. The molecule has 8 aliphatic carbocycles. The molecule has 8 bridgehead atoms. The molecule has 12 rings (SSSR count). The molecular weight excluding hydrogens is 665 g/mol. The standard InChI is InChI=1S/C43H50N6O4/c50-36(45-34-5-1-32(2-6-34)42-19-26-13-27(20-42)15-28(14-26)21-42)9-11-48-25-44-38-39(48)47-41(53)49(40(38)52)12-10-37(51)46-35-7-3-33(4-8-35)43-22-29-16-30(23-43)18-31(17-29)24-43/h1-8,25-31H,9-24H2,(H,45,50)(H,46,51)(H,47,53). The minimum atomic E-state index is -0.611. The summed E-state index contributed by atoms with van der Waals surface area (Å²) in [5.74, 6) is 4.84. The molecule has 8 saturated carbocycles. The minimum absolute atomic E-state index is 0.0321. The molecule has 2 aromatic heterocycles. The highest BCUT2D eigenvalue weighted by atomic mass is 16.2. The van der Waals surface area contributed by atoms with Crippen molar-refractivity contribution in [3.05, 3.63) is 86.8 Å². The van der Waals surface area contributed by atoms with Gasteiger partial charge in [0.1, 0.15) is 5.65 Å². The van der Waals surface area contributed by atoms with E-state index in [1.807, 2.05) is 24.3 Å². The Morgan fingerprint density at radius 3 is 1.49 bits per heavy atom. The lowest BCUT2D eigenvalue weighted by Gasteiger charge is -2.57. The molecule has 0 unspecified atom stereocenters. The highest BCUT2D eigenvalue weighted by molar-refractivity contribution is 5.91. The summed E-state index contributed by atoms with van der Waals surface area (Å²) in [6.07, 6.45) is 17.9. The lowest BCUT2D eigenvalue weighted by atomic mass is 9.48. The summed E-state index contributed by atoms with van der Waals surface area (Å²) in [4.78, 5) is 59.2. The van der Waals surface area contributed by atoms with Crippen LogP contribution in [0.4, 0.5) is 11.4 Å². The number of rotatable bonds is 10. The van der Waals surface area contributed by atoms with E-state index < -0.39 is 11.2 Å². The number of carbonyl (C=O) groups excluding carboxylic acids is 2. The van der Waals surface area contributed by atoms with Crippen LogP contribution >= 0.6 is 0 Å². The Morgan fingerprint density at radius 1 is 0.642 bits per heavy atom. The number of imidazole rings is 1. The van der Waals surface area contributed by atoms with Crippen LogP contribution in [0.15, 0.2) is 64.4 Å². The van der Waals surface area contributed by atoms with Crippen molar-refractivity contribution in [1.82, 2.24) is 19.1 Å². The van der Waals surface area contributed by atoms with Crippen LogP contribution in [-0.2, 0) is 33.5 Å². The van der Waals surface area contributed by atoms with E-state index >= 15 is 0 Å². The van der Waals surface area contributed by atoms with Gasteiger partial charge in [-0.3, -0.25) is 23.9 Å². The molecule has 2 aromatic carbocycles. The van der Waals surface area contributed by atoms with Gasteiger partial charge in [0.05, 0.1) is 6.33 Å². The first-order valence-electron chi connectivity index (χ1n) is 20.2. The molecule has 0 radical (unpaired) electrons. The van der Waals surface area contributed by atoms with Gasteiger partial charge in [-0.15, -0.1) is 0 Å². The zero-order valence-electron chi connectivity index (χ0n) is 30.4. The van der Waals surface area contributed by atoms with Crippen molar-refractivity contribution < 1.29 is 9.59 Å². The molecule has 8 fully saturated rings. The van der Waals surface area contributed by atoms with Crippen LogP contribution in [0.5, 0.6) is 0 Å². The Hall–Kier alpha value is -4.47. The average Bonchev–Trinajstić information content (AvgIpc) is 3.53. The Balaban J connectivity index is 0.738.